The van der Waals surface area contributed by atoms with E-state index in [-0.39, 0.29) is 5.38 Å². The Morgan fingerprint density at radius 2 is 2.18 bits per heavy atom. The fraction of sp³-hybridized carbons (Fsp3) is 0.769. The van der Waals surface area contributed by atoms with Crippen LogP contribution in [0.2, 0.25) is 0 Å². The fourth-order valence-corrected chi connectivity index (χ4v) is 3.69. The highest BCUT2D eigenvalue weighted by Crippen LogP contribution is 2.38. The molecule has 0 spiro atoms. The van der Waals surface area contributed by atoms with E-state index >= 15 is 0 Å². The summed E-state index contributed by atoms with van der Waals surface area (Å²) in [5.74, 6) is 0.461. The predicted octanol–water partition coefficient (Wildman–Crippen LogP) is 4.71. The van der Waals surface area contributed by atoms with Crippen LogP contribution in [0.25, 0.3) is 0 Å². The Morgan fingerprint density at radius 3 is 2.94 bits per heavy atom. The summed E-state index contributed by atoms with van der Waals surface area (Å²) in [5.41, 5.74) is 1.31. The topological polar surface area (TPSA) is 17.8 Å². The number of rotatable bonds is 3. The highest BCUT2D eigenvalue weighted by atomic mass is 79.9. The average Bonchev–Trinajstić information content (AvgIpc) is 2.53. The van der Waals surface area contributed by atoms with E-state index in [1.807, 2.05) is 6.20 Å². The molecule has 0 aliphatic heterocycles. The van der Waals surface area contributed by atoms with Gasteiger partial charge in [-0.05, 0) is 35.2 Å². The van der Waals surface area contributed by atoms with Gasteiger partial charge in [0.2, 0.25) is 0 Å². The van der Waals surface area contributed by atoms with Gasteiger partial charge in [-0.3, -0.25) is 4.68 Å². The van der Waals surface area contributed by atoms with Crippen molar-refractivity contribution < 1.29 is 0 Å². The maximum absolute atomic E-state index is 6.56. The van der Waals surface area contributed by atoms with Crippen LogP contribution in [0.15, 0.2) is 10.7 Å². The molecule has 2 rings (SSSR count). The standard InChI is InChI=1S/C13H20BrClN2/c1-2-8-17-13(11(14)9-16-17)10-6-4-3-5-7-12(10)15/h9-10,12H,2-8H2,1H3. The van der Waals surface area contributed by atoms with Crippen molar-refractivity contribution in [3.05, 3.63) is 16.4 Å². The van der Waals surface area contributed by atoms with Crippen LogP contribution in [-0.2, 0) is 6.54 Å². The van der Waals surface area contributed by atoms with Gasteiger partial charge in [0.15, 0.2) is 0 Å². The highest BCUT2D eigenvalue weighted by Gasteiger charge is 2.28. The molecule has 0 amide bonds. The number of aromatic nitrogens is 2. The molecule has 0 radical (unpaired) electrons. The van der Waals surface area contributed by atoms with E-state index < -0.39 is 0 Å². The molecule has 1 aliphatic rings. The van der Waals surface area contributed by atoms with Crippen LogP contribution < -0.4 is 0 Å². The minimum atomic E-state index is 0.265. The maximum atomic E-state index is 6.56. The zero-order valence-corrected chi connectivity index (χ0v) is 12.7. The third kappa shape index (κ3) is 3.05. The third-order valence-electron chi connectivity index (χ3n) is 3.55. The summed E-state index contributed by atoms with van der Waals surface area (Å²) in [4.78, 5) is 0. The lowest BCUT2D eigenvalue weighted by Crippen LogP contribution is -2.17. The van der Waals surface area contributed by atoms with E-state index in [0.29, 0.717) is 5.92 Å². The Bertz CT molecular complexity index is 364. The molecule has 1 heterocycles. The molecule has 1 saturated carbocycles. The van der Waals surface area contributed by atoms with Crippen LogP contribution in [0.5, 0.6) is 0 Å². The van der Waals surface area contributed by atoms with Crippen molar-refractivity contribution in [3.8, 4) is 0 Å². The van der Waals surface area contributed by atoms with Crippen LogP contribution in [-0.4, -0.2) is 15.2 Å². The van der Waals surface area contributed by atoms with Gasteiger partial charge in [0.25, 0.3) is 0 Å². The van der Waals surface area contributed by atoms with Crippen LogP contribution in [0, 0.1) is 0 Å². The van der Waals surface area contributed by atoms with Gasteiger partial charge in [0, 0.05) is 17.8 Å². The van der Waals surface area contributed by atoms with Crippen LogP contribution in [0.3, 0.4) is 0 Å². The number of nitrogens with zero attached hydrogens (tertiary/aromatic N) is 2. The second-order valence-electron chi connectivity index (χ2n) is 4.86. The van der Waals surface area contributed by atoms with E-state index in [9.17, 15) is 0 Å². The minimum Gasteiger partial charge on any atom is -0.268 e. The molecule has 1 aromatic rings. The Balaban J connectivity index is 2.26. The second kappa shape index (κ2) is 6.24. The Labute approximate surface area is 117 Å². The molecule has 1 aromatic heterocycles. The monoisotopic (exact) mass is 318 g/mol. The first-order chi connectivity index (χ1) is 8.24. The fourth-order valence-electron chi connectivity index (χ4n) is 2.70. The first-order valence-corrected chi connectivity index (χ1v) is 7.82. The van der Waals surface area contributed by atoms with Crippen LogP contribution >= 0.6 is 27.5 Å². The van der Waals surface area contributed by atoms with Crippen molar-refractivity contribution in [1.29, 1.82) is 0 Å². The van der Waals surface area contributed by atoms with Crippen molar-refractivity contribution in [2.45, 2.75) is 63.3 Å². The Kier molecular flexibility index (Phi) is 4.92. The highest BCUT2D eigenvalue weighted by molar-refractivity contribution is 9.10. The smallest absolute Gasteiger partial charge is 0.0635 e. The first kappa shape index (κ1) is 13.4. The van der Waals surface area contributed by atoms with Gasteiger partial charge in [0.05, 0.1) is 16.4 Å². The van der Waals surface area contributed by atoms with Crippen molar-refractivity contribution in [2.24, 2.45) is 0 Å². The Hall–Kier alpha value is -0.0200. The molecule has 1 aliphatic carbocycles. The summed E-state index contributed by atoms with van der Waals surface area (Å²) in [6.07, 6.45) is 9.24. The molecule has 0 bridgehead atoms. The quantitative estimate of drug-likeness (QED) is 0.583. The second-order valence-corrected chi connectivity index (χ2v) is 6.28. The minimum absolute atomic E-state index is 0.265. The summed E-state index contributed by atoms with van der Waals surface area (Å²) in [7, 11) is 0. The van der Waals surface area contributed by atoms with E-state index in [2.05, 4.69) is 32.6 Å². The number of hydrogen-bond acceptors (Lipinski definition) is 1. The molecular formula is C13H20BrClN2. The number of hydrogen-bond donors (Lipinski definition) is 0. The van der Waals surface area contributed by atoms with E-state index in [1.54, 1.807) is 0 Å². The molecule has 96 valence electrons. The third-order valence-corrected chi connectivity index (χ3v) is 4.68. The molecule has 4 heteroatoms. The molecule has 0 aromatic carbocycles. The summed E-state index contributed by atoms with van der Waals surface area (Å²) >= 11 is 10.2. The van der Waals surface area contributed by atoms with Crippen LogP contribution in [0.1, 0.15) is 57.1 Å². The van der Waals surface area contributed by atoms with Gasteiger partial charge in [-0.1, -0.05) is 26.2 Å². The average molecular weight is 320 g/mol. The lowest BCUT2D eigenvalue weighted by atomic mass is 9.96. The largest absolute Gasteiger partial charge is 0.268 e. The summed E-state index contributed by atoms with van der Waals surface area (Å²) in [6.45, 7) is 3.17. The van der Waals surface area contributed by atoms with Gasteiger partial charge >= 0.3 is 0 Å². The Morgan fingerprint density at radius 1 is 1.41 bits per heavy atom. The van der Waals surface area contributed by atoms with E-state index in [4.69, 9.17) is 11.6 Å². The van der Waals surface area contributed by atoms with Crippen molar-refractivity contribution >= 4 is 27.5 Å². The molecular weight excluding hydrogens is 300 g/mol. The van der Waals surface area contributed by atoms with Crippen molar-refractivity contribution in [2.75, 3.05) is 0 Å². The zero-order chi connectivity index (χ0) is 12.3. The number of aryl methyl sites for hydroxylation is 1. The SMILES string of the molecule is CCCn1ncc(Br)c1C1CCCCCC1Cl. The van der Waals surface area contributed by atoms with Crippen LogP contribution in [0.4, 0.5) is 0 Å². The molecule has 0 N–H and O–H groups in total. The van der Waals surface area contributed by atoms with Crippen molar-refractivity contribution in [1.82, 2.24) is 9.78 Å². The predicted molar refractivity (Wildman–Crippen MR) is 75.7 cm³/mol. The van der Waals surface area contributed by atoms with Gasteiger partial charge in [-0.2, -0.15) is 5.10 Å². The van der Waals surface area contributed by atoms with E-state index in [1.165, 1.54) is 31.4 Å². The molecule has 2 nitrogen and oxygen atoms in total. The number of halogens is 2. The van der Waals surface area contributed by atoms with Gasteiger partial charge in [0.1, 0.15) is 0 Å². The number of alkyl halides is 1. The molecule has 17 heavy (non-hydrogen) atoms. The van der Waals surface area contributed by atoms with Gasteiger partial charge in [-0.25, -0.2) is 0 Å². The molecule has 2 unspecified atom stereocenters. The van der Waals surface area contributed by atoms with E-state index in [0.717, 1.165) is 23.9 Å². The van der Waals surface area contributed by atoms with Gasteiger partial charge in [-0.15, -0.1) is 11.6 Å². The summed E-state index contributed by atoms with van der Waals surface area (Å²) < 4.78 is 3.26. The van der Waals surface area contributed by atoms with Gasteiger partial charge < -0.3 is 0 Å². The maximum Gasteiger partial charge on any atom is 0.0635 e. The summed E-state index contributed by atoms with van der Waals surface area (Å²) in [5, 5.41) is 4.72. The molecule has 1 fully saturated rings. The zero-order valence-electron chi connectivity index (χ0n) is 10.3. The molecule has 2 atom stereocenters. The molecule has 0 saturated heterocycles. The summed E-state index contributed by atoms with van der Waals surface area (Å²) in [6, 6.07) is 0. The lowest BCUT2D eigenvalue weighted by molar-refractivity contribution is 0.503. The lowest BCUT2D eigenvalue weighted by Gasteiger charge is -2.21. The van der Waals surface area contributed by atoms with Crippen molar-refractivity contribution in [3.63, 3.8) is 0 Å². The first-order valence-electron chi connectivity index (χ1n) is 6.59. The normalized spacial score (nSPS) is 25.8.